The van der Waals surface area contributed by atoms with Crippen molar-refractivity contribution in [2.45, 2.75) is 19.1 Å². The van der Waals surface area contributed by atoms with Crippen LogP contribution in [0.25, 0.3) is 0 Å². The quantitative estimate of drug-likeness (QED) is 0.422. The van der Waals surface area contributed by atoms with Crippen molar-refractivity contribution in [1.82, 2.24) is 5.32 Å². The van der Waals surface area contributed by atoms with Crippen LogP contribution in [0.2, 0.25) is 0 Å². The summed E-state index contributed by atoms with van der Waals surface area (Å²) in [7, 11) is 0. The highest BCUT2D eigenvalue weighted by Crippen LogP contribution is 2.16. The number of carbonyl (C=O) groups excluding carboxylic acids is 2. The van der Waals surface area contributed by atoms with E-state index in [1.807, 2.05) is 60.7 Å². The molecule has 1 unspecified atom stereocenters. The smallest absolute Gasteiger partial charge is 0.408 e. The number of benzene rings is 3. The summed E-state index contributed by atoms with van der Waals surface area (Å²) < 4.78 is 5.23. The summed E-state index contributed by atoms with van der Waals surface area (Å²) in [4.78, 5) is 35.4. The number of carbonyl (C=O) groups is 2. The van der Waals surface area contributed by atoms with Gasteiger partial charge in [0, 0.05) is 24.2 Å². The average Bonchev–Trinajstić information content (AvgIpc) is 2.79. The number of nitrogens with one attached hydrogen (secondary N) is 2. The zero-order valence-corrected chi connectivity index (χ0v) is 16.6. The van der Waals surface area contributed by atoms with Gasteiger partial charge in [-0.3, -0.25) is 14.9 Å². The Kier molecular flexibility index (Phi) is 7.31. The number of alkyl carbamates (subject to hydrolysis) is 1. The zero-order chi connectivity index (χ0) is 22.1. The van der Waals surface area contributed by atoms with Gasteiger partial charge in [0.15, 0.2) is 0 Å². The van der Waals surface area contributed by atoms with Gasteiger partial charge in [-0.1, -0.05) is 60.7 Å². The van der Waals surface area contributed by atoms with Gasteiger partial charge < -0.3 is 15.4 Å². The SMILES string of the molecule is O=C(NC(Cc1ccccc1)C(=O)Nc1ccc([N+](=O)[O-])cc1)OCc1ccccc1. The van der Waals surface area contributed by atoms with Crippen LogP contribution >= 0.6 is 0 Å². The second-order valence-corrected chi connectivity index (χ2v) is 6.74. The molecule has 0 heterocycles. The molecule has 0 saturated heterocycles. The minimum absolute atomic E-state index is 0.0781. The predicted octanol–water partition coefficient (Wildman–Crippen LogP) is 4.07. The van der Waals surface area contributed by atoms with E-state index in [2.05, 4.69) is 10.6 Å². The van der Waals surface area contributed by atoms with Gasteiger partial charge in [-0.2, -0.15) is 0 Å². The zero-order valence-electron chi connectivity index (χ0n) is 16.6. The average molecular weight is 419 g/mol. The molecule has 0 bridgehead atoms. The van der Waals surface area contributed by atoms with Crippen LogP contribution in [0.5, 0.6) is 0 Å². The van der Waals surface area contributed by atoms with E-state index < -0.39 is 23.0 Å². The fraction of sp³-hybridized carbons (Fsp3) is 0.130. The Hall–Kier alpha value is -4.20. The number of nitro groups is 1. The van der Waals surface area contributed by atoms with Gasteiger partial charge in [0.1, 0.15) is 12.6 Å². The maximum Gasteiger partial charge on any atom is 0.408 e. The van der Waals surface area contributed by atoms with Crippen LogP contribution in [0, 0.1) is 10.1 Å². The molecule has 8 heteroatoms. The molecule has 1 atom stereocenters. The summed E-state index contributed by atoms with van der Waals surface area (Å²) >= 11 is 0. The van der Waals surface area contributed by atoms with E-state index in [0.29, 0.717) is 5.69 Å². The Morgan fingerprint density at radius 2 is 1.45 bits per heavy atom. The van der Waals surface area contributed by atoms with Gasteiger partial charge in [0.25, 0.3) is 5.69 Å². The lowest BCUT2D eigenvalue weighted by Gasteiger charge is -2.18. The summed E-state index contributed by atoms with van der Waals surface area (Å²) in [6, 6.07) is 23.0. The Morgan fingerprint density at radius 1 is 0.871 bits per heavy atom. The highest BCUT2D eigenvalue weighted by Gasteiger charge is 2.22. The summed E-state index contributed by atoms with van der Waals surface area (Å²) in [6.45, 7) is 0.0781. The largest absolute Gasteiger partial charge is 0.445 e. The molecule has 2 amide bonds. The predicted molar refractivity (Wildman–Crippen MR) is 115 cm³/mol. The van der Waals surface area contributed by atoms with Crippen LogP contribution in [-0.2, 0) is 22.6 Å². The van der Waals surface area contributed by atoms with Crippen LogP contribution in [-0.4, -0.2) is 23.0 Å². The number of hydrogen-bond acceptors (Lipinski definition) is 5. The molecule has 0 aliphatic rings. The third-order valence-electron chi connectivity index (χ3n) is 4.45. The van der Waals surface area contributed by atoms with Crippen molar-refractivity contribution < 1.29 is 19.2 Å². The molecule has 0 aromatic heterocycles. The Balaban J connectivity index is 1.66. The number of nitrogens with zero attached hydrogens (tertiary/aromatic N) is 1. The standard InChI is InChI=1S/C23H21N3O5/c27-22(24-19-11-13-20(14-12-19)26(29)30)21(15-17-7-3-1-4-8-17)25-23(28)31-16-18-9-5-2-6-10-18/h1-14,21H,15-16H2,(H,24,27)(H,25,28). The molecule has 31 heavy (non-hydrogen) atoms. The first-order chi connectivity index (χ1) is 15.0. The molecule has 0 saturated carbocycles. The van der Waals surface area contributed by atoms with E-state index in [0.717, 1.165) is 11.1 Å². The summed E-state index contributed by atoms with van der Waals surface area (Å²) in [5.41, 5.74) is 1.98. The number of non-ortho nitro benzene ring substituents is 1. The van der Waals surface area contributed by atoms with E-state index >= 15 is 0 Å². The third kappa shape index (κ3) is 6.67. The molecule has 0 spiro atoms. The molecule has 158 valence electrons. The molecular weight excluding hydrogens is 398 g/mol. The van der Waals surface area contributed by atoms with Gasteiger partial charge >= 0.3 is 6.09 Å². The maximum absolute atomic E-state index is 12.8. The fourth-order valence-corrected chi connectivity index (χ4v) is 2.86. The van der Waals surface area contributed by atoms with E-state index in [1.54, 1.807) is 0 Å². The first-order valence-electron chi connectivity index (χ1n) is 9.58. The van der Waals surface area contributed by atoms with E-state index in [4.69, 9.17) is 4.74 Å². The minimum Gasteiger partial charge on any atom is -0.445 e. The van der Waals surface area contributed by atoms with Crippen LogP contribution < -0.4 is 10.6 Å². The Morgan fingerprint density at radius 3 is 2.03 bits per heavy atom. The van der Waals surface area contributed by atoms with Crippen molar-refractivity contribution >= 4 is 23.4 Å². The number of amides is 2. The maximum atomic E-state index is 12.8. The van der Waals surface area contributed by atoms with Gasteiger partial charge in [-0.25, -0.2) is 4.79 Å². The molecule has 0 aliphatic carbocycles. The topological polar surface area (TPSA) is 111 Å². The lowest BCUT2D eigenvalue weighted by molar-refractivity contribution is -0.384. The van der Waals surface area contributed by atoms with Gasteiger partial charge in [-0.15, -0.1) is 0 Å². The Labute approximate surface area is 179 Å². The number of nitro benzene ring substituents is 1. The summed E-state index contributed by atoms with van der Waals surface area (Å²) in [5.74, 6) is -0.464. The highest BCUT2D eigenvalue weighted by atomic mass is 16.6. The summed E-state index contributed by atoms with van der Waals surface area (Å²) in [5, 5.41) is 16.1. The van der Waals surface area contributed by atoms with Crippen LogP contribution in [0.4, 0.5) is 16.2 Å². The van der Waals surface area contributed by atoms with Crippen molar-refractivity contribution in [3.8, 4) is 0 Å². The molecule has 0 radical (unpaired) electrons. The molecule has 0 fully saturated rings. The second kappa shape index (κ2) is 10.5. The third-order valence-corrected chi connectivity index (χ3v) is 4.45. The summed E-state index contributed by atoms with van der Waals surface area (Å²) in [6.07, 6.45) is -0.469. The van der Waals surface area contributed by atoms with Gasteiger partial charge in [-0.05, 0) is 23.3 Å². The monoisotopic (exact) mass is 419 g/mol. The number of hydrogen-bond donors (Lipinski definition) is 2. The number of rotatable bonds is 8. The molecule has 0 aliphatic heterocycles. The van der Waals surface area contributed by atoms with Crippen LogP contribution in [0.15, 0.2) is 84.9 Å². The number of anilines is 1. The normalized spacial score (nSPS) is 11.2. The lowest BCUT2D eigenvalue weighted by atomic mass is 10.1. The second-order valence-electron chi connectivity index (χ2n) is 6.74. The Bertz CT molecular complexity index is 1020. The van der Waals surface area contributed by atoms with Crippen molar-refractivity contribution in [3.05, 3.63) is 106 Å². The molecule has 2 N–H and O–H groups in total. The lowest BCUT2D eigenvalue weighted by Crippen LogP contribution is -2.45. The molecule has 3 aromatic carbocycles. The van der Waals surface area contributed by atoms with Gasteiger partial charge in [0.2, 0.25) is 5.91 Å². The van der Waals surface area contributed by atoms with E-state index in [-0.39, 0.29) is 18.7 Å². The first-order valence-corrected chi connectivity index (χ1v) is 9.58. The van der Waals surface area contributed by atoms with Crippen molar-refractivity contribution in [2.24, 2.45) is 0 Å². The fourth-order valence-electron chi connectivity index (χ4n) is 2.86. The van der Waals surface area contributed by atoms with Crippen molar-refractivity contribution in [2.75, 3.05) is 5.32 Å². The minimum atomic E-state index is -0.902. The highest BCUT2D eigenvalue weighted by molar-refractivity contribution is 5.96. The van der Waals surface area contributed by atoms with Crippen molar-refractivity contribution in [3.63, 3.8) is 0 Å². The van der Waals surface area contributed by atoms with E-state index in [9.17, 15) is 19.7 Å². The van der Waals surface area contributed by atoms with Crippen LogP contribution in [0.3, 0.4) is 0 Å². The molecule has 8 nitrogen and oxygen atoms in total. The molecular formula is C23H21N3O5. The molecule has 3 aromatic rings. The van der Waals surface area contributed by atoms with E-state index in [1.165, 1.54) is 24.3 Å². The van der Waals surface area contributed by atoms with Crippen LogP contribution in [0.1, 0.15) is 11.1 Å². The number of ether oxygens (including phenoxy) is 1. The van der Waals surface area contributed by atoms with Gasteiger partial charge in [0.05, 0.1) is 4.92 Å². The molecule has 3 rings (SSSR count). The first kappa shape index (κ1) is 21.5. The van der Waals surface area contributed by atoms with Crippen molar-refractivity contribution in [1.29, 1.82) is 0 Å².